The van der Waals surface area contributed by atoms with Gasteiger partial charge >= 0.3 is 0 Å². The van der Waals surface area contributed by atoms with Gasteiger partial charge in [0, 0.05) is 12.1 Å². The molecular weight excluding hydrogens is 397 g/mol. The lowest BCUT2D eigenvalue weighted by atomic mass is 10.2. The molecule has 1 heterocycles. The molecular formula is C21H19ClFN3O3. The van der Waals surface area contributed by atoms with Crippen LogP contribution >= 0.6 is 11.6 Å². The Kier molecular flexibility index (Phi) is 6.29. The minimum Gasteiger partial charge on any atom is -0.463 e. The summed E-state index contributed by atoms with van der Waals surface area (Å²) in [5.41, 5.74) is 1.43. The fourth-order valence-electron chi connectivity index (χ4n) is 2.63. The standard InChI is InChI=1S/C21H19ClFN3O3/c1-3-18(21(28)24-17-9-4-13(2)12-16(17)22)29-19-10-11-20(27)26(25-19)15-7-5-14(23)6-8-15/h4-12,18H,3H2,1-2H3,(H,24,28)/t18-/m1/s1. The summed E-state index contributed by atoms with van der Waals surface area (Å²) in [7, 11) is 0. The van der Waals surface area contributed by atoms with Crippen molar-refractivity contribution in [2.75, 3.05) is 5.32 Å². The van der Waals surface area contributed by atoms with Gasteiger partial charge in [0.25, 0.3) is 11.5 Å². The molecule has 2 aromatic carbocycles. The van der Waals surface area contributed by atoms with Crippen LogP contribution in [0.15, 0.2) is 59.4 Å². The summed E-state index contributed by atoms with van der Waals surface area (Å²) < 4.78 is 19.9. The molecule has 0 saturated carbocycles. The van der Waals surface area contributed by atoms with Gasteiger partial charge in [-0.25, -0.2) is 4.39 Å². The molecule has 0 bridgehead atoms. The molecule has 0 aliphatic heterocycles. The van der Waals surface area contributed by atoms with E-state index in [2.05, 4.69) is 10.4 Å². The topological polar surface area (TPSA) is 73.2 Å². The van der Waals surface area contributed by atoms with Crippen LogP contribution in [-0.2, 0) is 4.79 Å². The largest absolute Gasteiger partial charge is 0.463 e. The third kappa shape index (κ3) is 5.00. The molecule has 8 heteroatoms. The lowest BCUT2D eigenvalue weighted by Gasteiger charge is -2.17. The molecule has 3 rings (SSSR count). The van der Waals surface area contributed by atoms with Crippen LogP contribution in [0.3, 0.4) is 0 Å². The molecule has 150 valence electrons. The maximum Gasteiger partial charge on any atom is 0.271 e. The van der Waals surface area contributed by atoms with Crippen molar-refractivity contribution >= 4 is 23.2 Å². The van der Waals surface area contributed by atoms with Gasteiger partial charge in [0.15, 0.2) is 6.10 Å². The van der Waals surface area contributed by atoms with Crippen LogP contribution in [0.25, 0.3) is 5.69 Å². The summed E-state index contributed by atoms with van der Waals surface area (Å²) in [5, 5.41) is 7.30. The van der Waals surface area contributed by atoms with Crippen LogP contribution in [0.1, 0.15) is 18.9 Å². The maximum atomic E-state index is 13.1. The molecule has 3 aromatic rings. The van der Waals surface area contributed by atoms with Crippen molar-refractivity contribution in [3.05, 3.63) is 81.4 Å². The summed E-state index contributed by atoms with van der Waals surface area (Å²) in [6.07, 6.45) is -0.480. The number of anilines is 1. The number of aromatic nitrogens is 2. The SMILES string of the molecule is CC[C@@H](Oc1ccc(=O)n(-c2ccc(F)cc2)n1)C(=O)Nc1ccc(C)cc1Cl. The average molecular weight is 416 g/mol. The first-order valence-electron chi connectivity index (χ1n) is 8.97. The van der Waals surface area contributed by atoms with E-state index < -0.39 is 17.5 Å². The fraction of sp³-hybridized carbons (Fsp3) is 0.190. The Bertz CT molecular complexity index is 1080. The number of rotatable bonds is 6. The number of carbonyl (C=O) groups is 1. The molecule has 0 spiro atoms. The highest BCUT2D eigenvalue weighted by molar-refractivity contribution is 6.33. The second-order valence-electron chi connectivity index (χ2n) is 6.39. The summed E-state index contributed by atoms with van der Waals surface area (Å²) >= 11 is 6.17. The number of benzene rings is 2. The van der Waals surface area contributed by atoms with Crippen molar-refractivity contribution in [3.8, 4) is 11.6 Å². The zero-order chi connectivity index (χ0) is 21.0. The number of nitrogens with zero attached hydrogens (tertiary/aromatic N) is 2. The Balaban J connectivity index is 1.79. The highest BCUT2D eigenvalue weighted by Crippen LogP contribution is 2.23. The predicted molar refractivity (Wildman–Crippen MR) is 109 cm³/mol. The first kappa shape index (κ1) is 20.5. The number of hydrogen-bond donors (Lipinski definition) is 1. The maximum absolute atomic E-state index is 13.1. The molecule has 0 radical (unpaired) electrons. The summed E-state index contributed by atoms with van der Waals surface area (Å²) in [4.78, 5) is 24.7. The smallest absolute Gasteiger partial charge is 0.271 e. The van der Waals surface area contributed by atoms with Crippen molar-refractivity contribution in [2.24, 2.45) is 0 Å². The Morgan fingerprint density at radius 1 is 1.21 bits per heavy atom. The van der Waals surface area contributed by atoms with Crippen molar-refractivity contribution in [2.45, 2.75) is 26.4 Å². The van der Waals surface area contributed by atoms with Gasteiger partial charge in [0.1, 0.15) is 5.82 Å². The number of amides is 1. The van der Waals surface area contributed by atoms with E-state index in [0.717, 1.165) is 10.2 Å². The van der Waals surface area contributed by atoms with E-state index in [9.17, 15) is 14.0 Å². The second-order valence-corrected chi connectivity index (χ2v) is 6.79. The van der Waals surface area contributed by atoms with Crippen molar-refractivity contribution < 1.29 is 13.9 Å². The van der Waals surface area contributed by atoms with Gasteiger partial charge in [-0.1, -0.05) is 24.6 Å². The van der Waals surface area contributed by atoms with Crippen molar-refractivity contribution in [3.63, 3.8) is 0 Å². The van der Waals surface area contributed by atoms with E-state index >= 15 is 0 Å². The number of halogens is 2. The van der Waals surface area contributed by atoms with E-state index in [1.807, 2.05) is 13.0 Å². The van der Waals surface area contributed by atoms with Gasteiger partial charge in [-0.15, -0.1) is 5.10 Å². The molecule has 0 fully saturated rings. The zero-order valence-electron chi connectivity index (χ0n) is 15.9. The van der Waals surface area contributed by atoms with E-state index in [0.29, 0.717) is 22.8 Å². The number of carbonyl (C=O) groups excluding carboxylic acids is 1. The molecule has 1 atom stereocenters. The van der Waals surface area contributed by atoms with Crippen molar-refractivity contribution in [1.29, 1.82) is 0 Å². The molecule has 1 amide bonds. The lowest BCUT2D eigenvalue weighted by molar-refractivity contribution is -0.123. The van der Waals surface area contributed by atoms with Gasteiger partial charge in [-0.05, 0) is 55.3 Å². The van der Waals surface area contributed by atoms with Crippen LogP contribution in [0.5, 0.6) is 5.88 Å². The summed E-state index contributed by atoms with van der Waals surface area (Å²) in [6, 6.07) is 13.3. The Hall–Kier alpha value is -3.19. The monoisotopic (exact) mass is 415 g/mol. The molecule has 0 aliphatic rings. The third-order valence-electron chi connectivity index (χ3n) is 4.16. The van der Waals surface area contributed by atoms with Crippen LogP contribution < -0.4 is 15.6 Å². The summed E-state index contributed by atoms with van der Waals surface area (Å²) in [5.74, 6) is -0.725. The molecule has 0 aliphatic carbocycles. The summed E-state index contributed by atoms with van der Waals surface area (Å²) in [6.45, 7) is 3.69. The van der Waals surface area contributed by atoms with E-state index in [1.54, 1.807) is 19.1 Å². The third-order valence-corrected chi connectivity index (χ3v) is 4.47. The average Bonchev–Trinajstić information content (AvgIpc) is 2.70. The minimum absolute atomic E-state index is 0.0888. The molecule has 1 N–H and O–H groups in total. The lowest BCUT2D eigenvalue weighted by Crippen LogP contribution is -2.33. The van der Waals surface area contributed by atoms with E-state index in [1.165, 1.54) is 36.4 Å². The van der Waals surface area contributed by atoms with Gasteiger partial charge in [-0.2, -0.15) is 4.68 Å². The van der Waals surface area contributed by atoms with E-state index in [4.69, 9.17) is 16.3 Å². The molecule has 29 heavy (non-hydrogen) atoms. The normalized spacial score (nSPS) is 11.7. The highest BCUT2D eigenvalue weighted by atomic mass is 35.5. The zero-order valence-corrected chi connectivity index (χ0v) is 16.6. The van der Waals surface area contributed by atoms with Crippen LogP contribution in [-0.4, -0.2) is 21.8 Å². The number of nitrogens with one attached hydrogen (secondary N) is 1. The number of hydrogen-bond acceptors (Lipinski definition) is 4. The molecule has 6 nitrogen and oxygen atoms in total. The molecule has 1 aromatic heterocycles. The first-order chi connectivity index (χ1) is 13.9. The number of aryl methyl sites for hydroxylation is 1. The Morgan fingerprint density at radius 3 is 2.59 bits per heavy atom. The van der Waals surface area contributed by atoms with Gasteiger partial charge < -0.3 is 10.1 Å². The first-order valence-corrected chi connectivity index (χ1v) is 9.35. The minimum atomic E-state index is -0.848. The quantitative estimate of drug-likeness (QED) is 0.657. The van der Waals surface area contributed by atoms with Crippen LogP contribution in [0.4, 0.5) is 10.1 Å². The molecule has 0 saturated heterocycles. The predicted octanol–water partition coefficient (Wildman–Crippen LogP) is 4.13. The fourth-order valence-corrected chi connectivity index (χ4v) is 2.91. The van der Waals surface area contributed by atoms with Gasteiger partial charge in [-0.3, -0.25) is 9.59 Å². The van der Waals surface area contributed by atoms with E-state index in [-0.39, 0.29) is 11.8 Å². The second kappa shape index (κ2) is 8.87. The van der Waals surface area contributed by atoms with Gasteiger partial charge in [0.2, 0.25) is 5.88 Å². The van der Waals surface area contributed by atoms with Gasteiger partial charge in [0.05, 0.1) is 16.4 Å². The Morgan fingerprint density at radius 2 is 1.93 bits per heavy atom. The van der Waals surface area contributed by atoms with Crippen LogP contribution in [0, 0.1) is 12.7 Å². The molecule has 0 unspecified atom stereocenters. The highest BCUT2D eigenvalue weighted by Gasteiger charge is 2.20. The van der Waals surface area contributed by atoms with Crippen LogP contribution in [0.2, 0.25) is 5.02 Å². The van der Waals surface area contributed by atoms with Crippen molar-refractivity contribution in [1.82, 2.24) is 9.78 Å². The number of ether oxygens (including phenoxy) is 1. The Labute approximate surface area is 171 Å².